The summed E-state index contributed by atoms with van der Waals surface area (Å²) in [6, 6.07) is 7.50. The maximum atomic E-state index is 12.2. The van der Waals surface area contributed by atoms with E-state index >= 15 is 0 Å². The molecule has 5 nitrogen and oxygen atoms in total. The Hall–Kier alpha value is -1.41. The van der Waals surface area contributed by atoms with Crippen LogP contribution in [0.25, 0.3) is 0 Å². The fourth-order valence-electron chi connectivity index (χ4n) is 2.37. The zero-order valence-corrected chi connectivity index (χ0v) is 13.6. The maximum Gasteiger partial charge on any atom is 0.256 e. The van der Waals surface area contributed by atoms with E-state index in [1.54, 1.807) is 6.20 Å². The van der Waals surface area contributed by atoms with Crippen molar-refractivity contribution in [2.24, 2.45) is 0 Å². The Labute approximate surface area is 136 Å². The summed E-state index contributed by atoms with van der Waals surface area (Å²) in [5.41, 5.74) is 1.38. The number of anilines is 1. The van der Waals surface area contributed by atoms with Crippen molar-refractivity contribution >= 4 is 34.2 Å². The summed E-state index contributed by atoms with van der Waals surface area (Å²) in [5, 5.41) is 7.15. The lowest BCUT2D eigenvalue weighted by Gasteiger charge is -2.08. The smallest absolute Gasteiger partial charge is 0.256 e. The standard InChI is InChI=1S/C15H16IN3O2/c16-14-6-2-1-5-13(14)15(20)18-11-8-17-19(9-11)10-12-4-3-7-21-12/h1-2,5-6,8-9,12H,3-4,7,10H2,(H,18,20). The number of carbonyl (C=O) groups is 1. The molecule has 3 rings (SSSR count). The van der Waals surface area contributed by atoms with E-state index in [0.29, 0.717) is 11.3 Å². The van der Waals surface area contributed by atoms with E-state index in [2.05, 4.69) is 33.0 Å². The van der Waals surface area contributed by atoms with Crippen molar-refractivity contribution in [2.45, 2.75) is 25.5 Å². The molecule has 1 aromatic heterocycles. The van der Waals surface area contributed by atoms with Gasteiger partial charge in [-0.15, -0.1) is 0 Å². The Morgan fingerprint density at radius 1 is 1.48 bits per heavy atom. The van der Waals surface area contributed by atoms with Crippen molar-refractivity contribution in [3.8, 4) is 0 Å². The van der Waals surface area contributed by atoms with E-state index in [1.807, 2.05) is 35.1 Å². The molecular weight excluding hydrogens is 381 g/mol. The van der Waals surface area contributed by atoms with Crippen LogP contribution in [0.5, 0.6) is 0 Å². The summed E-state index contributed by atoms with van der Waals surface area (Å²) in [6.07, 6.45) is 5.94. The number of aromatic nitrogens is 2. The maximum absolute atomic E-state index is 12.2. The lowest BCUT2D eigenvalue weighted by molar-refractivity contribution is 0.0940. The molecule has 2 aromatic rings. The summed E-state index contributed by atoms with van der Waals surface area (Å²) < 4.78 is 8.33. The van der Waals surface area contributed by atoms with Crippen molar-refractivity contribution in [1.82, 2.24) is 9.78 Å². The molecule has 2 heterocycles. The summed E-state index contributed by atoms with van der Waals surface area (Å²) >= 11 is 2.16. The van der Waals surface area contributed by atoms with E-state index in [4.69, 9.17) is 4.74 Å². The van der Waals surface area contributed by atoms with Gasteiger partial charge >= 0.3 is 0 Å². The van der Waals surface area contributed by atoms with Crippen molar-refractivity contribution in [1.29, 1.82) is 0 Å². The van der Waals surface area contributed by atoms with Gasteiger partial charge in [-0.05, 0) is 47.6 Å². The lowest BCUT2D eigenvalue weighted by Crippen LogP contribution is -2.15. The quantitative estimate of drug-likeness (QED) is 0.808. The number of hydrogen-bond donors (Lipinski definition) is 1. The zero-order valence-electron chi connectivity index (χ0n) is 11.5. The van der Waals surface area contributed by atoms with Gasteiger partial charge in [-0.25, -0.2) is 0 Å². The highest BCUT2D eigenvalue weighted by molar-refractivity contribution is 14.1. The molecule has 110 valence electrons. The van der Waals surface area contributed by atoms with Crippen molar-refractivity contribution < 1.29 is 9.53 Å². The van der Waals surface area contributed by atoms with E-state index in [9.17, 15) is 4.79 Å². The molecule has 1 fully saturated rings. The number of hydrogen-bond acceptors (Lipinski definition) is 3. The van der Waals surface area contributed by atoms with Crippen molar-refractivity contribution in [3.63, 3.8) is 0 Å². The minimum atomic E-state index is -0.114. The van der Waals surface area contributed by atoms with Crippen LogP contribution in [0.3, 0.4) is 0 Å². The van der Waals surface area contributed by atoms with Gasteiger partial charge < -0.3 is 10.1 Å². The topological polar surface area (TPSA) is 56.2 Å². The molecule has 0 bridgehead atoms. The second-order valence-electron chi connectivity index (χ2n) is 5.02. The van der Waals surface area contributed by atoms with Gasteiger partial charge in [0, 0.05) is 16.4 Å². The van der Waals surface area contributed by atoms with Gasteiger partial charge in [0.2, 0.25) is 0 Å². The third kappa shape index (κ3) is 3.62. The first-order valence-electron chi connectivity index (χ1n) is 6.92. The number of benzene rings is 1. The minimum Gasteiger partial charge on any atom is -0.376 e. The molecule has 1 unspecified atom stereocenters. The normalized spacial score (nSPS) is 17.9. The highest BCUT2D eigenvalue weighted by Crippen LogP contribution is 2.16. The fraction of sp³-hybridized carbons (Fsp3) is 0.333. The van der Waals surface area contributed by atoms with E-state index < -0.39 is 0 Å². The van der Waals surface area contributed by atoms with Crippen molar-refractivity contribution in [3.05, 3.63) is 45.8 Å². The van der Waals surface area contributed by atoms with E-state index in [1.165, 1.54) is 0 Å². The van der Waals surface area contributed by atoms with Gasteiger partial charge in [-0.1, -0.05) is 12.1 Å². The minimum absolute atomic E-state index is 0.114. The first kappa shape index (κ1) is 14.5. The van der Waals surface area contributed by atoms with Crippen LogP contribution in [-0.4, -0.2) is 28.4 Å². The van der Waals surface area contributed by atoms with Crippen LogP contribution in [0.2, 0.25) is 0 Å². The number of rotatable bonds is 4. The molecule has 1 aliphatic heterocycles. The molecule has 0 spiro atoms. The Bertz CT molecular complexity index is 635. The third-order valence-corrected chi connectivity index (χ3v) is 4.36. The molecule has 6 heteroatoms. The summed E-state index contributed by atoms with van der Waals surface area (Å²) in [7, 11) is 0. The monoisotopic (exact) mass is 397 g/mol. The van der Waals surface area contributed by atoms with Gasteiger partial charge in [0.15, 0.2) is 0 Å². The lowest BCUT2D eigenvalue weighted by atomic mass is 10.2. The van der Waals surface area contributed by atoms with Gasteiger partial charge in [0.05, 0.1) is 30.1 Å². The molecule has 21 heavy (non-hydrogen) atoms. The Morgan fingerprint density at radius 2 is 2.33 bits per heavy atom. The predicted molar refractivity (Wildman–Crippen MR) is 88.3 cm³/mol. The van der Waals surface area contributed by atoms with E-state index in [-0.39, 0.29) is 12.0 Å². The molecule has 0 saturated carbocycles. The van der Waals surface area contributed by atoms with Gasteiger partial charge in [0.1, 0.15) is 0 Å². The summed E-state index contributed by atoms with van der Waals surface area (Å²) in [4.78, 5) is 12.2. The SMILES string of the molecule is O=C(Nc1cnn(CC2CCCO2)c1)c1ccccc1I. The first-order chi connectivity index (χ1) is 10.2. The average molecular weight is 397 g/mol. The second-order valence-corrected chi connectivity index (χ2v) is 6.18. The van der Waals surface area contributed by atoms with Crippen LogP contribution >= 0.6 is 22.6 Å². The number of ether oxygens (including phenoxy) is 1. The molecule has 1 saturated heterocycles. The molecule has 1 aliphatic rings. The van der Waals surface area contributed by atoms with E-state index in [0.717, 1.165) is 29.6 Å². The van der Waals surface area contributed by atoms with Crippen LogP contribution in [0, 0.1) is 3.57 Å². The number of carbonyl (C=O) groups excluding carboxylic acids is 1. The van der Waals surface area contributed by atoms with Crippen LogP contribution in [-0.2, 0) is 11.3 Å². The van der Waals surface area contributed by atoms with Gasteiger partial charge in [-0.2, -0.15) is 5.10 Å². The number of halogens is 1. The molecule has 0 aliphatic carbocycles. The first-order valence-corrected chi connectivity index (χ1v) is 8.00. The average Bonchev–Trinajstić information content (AvgIpc) is 3.12. The van der Waals surface area contributed by atoms with Gasteiger partial charge in [-0.3, -0.25) is 9.48 Å². The molecule has 1 aromatic carbocycles. The van der Waals surface area contributed by atoms with Gasteiger partial charge in [0.25, 0.3) is 5.91 Å². The summed E-state index contributed by atoms with van der Waals surface area (Å²) in [6.45, 7) is 1.57. The summed E-state index contributed by atoms with van der Waals surface area (Å²) in [5.74, 6) is -0.114. The molecule has 1 atom stereocenters. The number of nitrogens with zero attached hydrogens (tertiary/aromatic N) is 2. The largest absolute Gasteiger partial charge is 0.376 e. The molecule has 0 radical (unpaired) electrons. The van der Waals surface area contributed by atoms with Crippen LogP contribution < -0.4 is 5.32 Å². The Balaban J connectivity index is 1.64. The Morgan fingerprint density at radius 3 is 3.10 bits per heavy atom. The third-order valence-electron chi connectivity index (χ3n) is 3.42. The predicted octanol–water partition coefficient (Wildman–Crippen LogP) is 2.92. The Kier molecular flexibility index (Phi) is 4.54. The number of amides is 1. The zero-order chi connectivity index (χ0) is 14.7. The molecule has 1 N–H and O–H groups in total. The molecule has 1 amide bonds. The number of nitrogens with one attached hydrogen (secondary N) is 1. The molecular formula is C15H16IN3O2. The highest BCUT2D eigenvalue weighted by atomic mass is 127. The fourth-order valence-corrected chi connectivity index (χ4v) is 3.00. The van der Waals surface area contributed by atoms with Crippen LogP contribution in [0.4, 0.5) is 5.69 Å². The highest BCUT2D eigenvalue weighted by Gasteiger charge is 2.17. The van der Waals surface area contributed by atoms with Crippen LogP contribution in [0.1, 0.15) is 23.2 Å². The second kappa shape index (κ2) is 6.57. The van der Waals surface area contributed by atoms with Crippen molar-refractivity contribution in [2.75, 3.05) is 11.9 Å². The van der Waals surface area contributed by atoms with Crippen LogP contribution in [0.15, 0.2) is 36.7 Å².